The maximum Gasteiger partial charge on any atom is 0.222 e. The summed E-state index contributed by atoms with van der Waals surface area (Å²) in [6.07, 6.45) is 3.17. The first-order valence-electron chi connectivity index (χ1n) is 8.83. The summed E-state index contributed by atoms with van der Waals surface area (Å²) in [5.74, 6) is 2.37. The minimum atomic E-state index is 0. The first-order chi connectivity index (χ1) is 12.0. The Morgan fingerprint density at radius 2 is 1.92 bits per heavy atom. The largest absolute Gasteiger partial charge is 0.493 e. The van der Waals surface area contributed by atoms with Gasteiger partial charge in [-0.1, -0.05) is 6.07 Å². The molecule has 0 aromatic heterocycles. The standard InChI is InChI=1S/C19H30N2O4.ClH/c1-13(20)15-6-5-11-21(12-15)17(22)10-8-14-7-9-16(23-2)19(25-4)18(14)24-3;/h7,9,13,15H,5-6,8,10-12,20H2,1-4H3;1H. The van der Waals surface area contributed by atoms with Crippen molar-refractivity contribution in [3.63, 3.8) is 0 Å². The van der Waals surface area contributed by atoms with Gasteiger partial charge in [-0.15, -0.1) is 12.4 Å². The van der Waals surface area contributed by atoms with E-state index in [0.717, 1.165) is 31.5 Å². The summed E-state index contributed by atoms with van der Waals surface area (Å²) in [5, 5.41) is 0. The predicted molar refractivity (Wildman–Crippen MR) is 105 cm³/mol. The number of ether oxygens (including phenoxy) is 3. The van der Waals surface area contributed by atoms with Gasteiger partial charge in [0.15, 0.2) is 11.5 Å². The number of aryl methyl sites for hydroxylation is 1. The fourth-order valence-electron chi connectivity index (χ4n) is 3.43. The molecule has 148 valence electrons. The zero-order chi connectivity index (χ0) is 18.4. The van der Waals surface area contributed by atoms with Gasteiger partial charge in [0.05, 0.1) is 21.3 Å². The molecule has 2 N–H and O–H groups in total. The van der Waals surface area contributed by atoms with Crippen LogP contribution in [0.25, 0.3) is 0 Å². The number of likely N-dealkylation sites (tertiary alicyclic amines) is 1. The van der Waals surface area contributed by atoms with Crippen LogP contribution >= 0.6 is 12.4 Å². The number of rotatable bonds is 7. The third-order valence-corrected chi connectivity index (χ3v) is 4.95. The molecule has 1 fully saturated rings. The summed E-state index contributed by atoms with van der Waals surface area (Å²) in [7, 11) is 4.77. The molecular formula is C19H31ClN2O4. The molecule has 1 aromatic rings. The third kappa shape index (κ3) is 5.17. The molecule has 2 atom stereocenters. The van der Waals surface area contributed by atoms with E-state index in [0.29, 0.717) is 36.0 Å². The molecule has 1 heterocycles. The highest BCUT2D eigenvalue weighted by Crippen LogP contribution is 2.40. The van der Waals surface area contributed by atoms with E-state index in [1.807, 2.05) is 24.0 Å². The second-order valence-electron chi connectivity index (χ2n) is 6.59. The van der Waals surface area contributed by atoms with E-state index in [9.17, 15) is 4.79 Å². The van der Waals surface area contributed by atoms with Gasteiger partial charge in [-0.3, -0.25) is 4.79 Å². The first kappa shape index (κ1) is 22.4. The first-order valence-corrected chi connectivity index (χ1v) is 8.83. The fourth-order valence-corrected chi connectivity index (χ4v) is 3.43. The Balaban J connectivity index is 0.00000338. The number of benzene rings is 1. The fraction of sp³-hybridized carbons (Fsp3) is 0.632. The maximum atomic E-state index is 12.6. The average Bonchev–Trinajstić information content (AvgIpc) is 2.64. The van der Waals surface area contributed by atoms with E-state index in [1.54, 1.807) is 21.3 Å². The minimum absolute atomic E-state index is 0. The van der Waals surface area contributed by atoms with Crippen molar-refractivity contribution in [3.8, 4) is 17.2 Å². The van der Waals surface area contributed by atoms with Crippen LogP contribution in [0.1, 0.15) is 31.7 Å². The Morgan fingerprint density at radius 1 is 1.23 bits per heavy atom. The maximum absolute atomic E-state index is 12.6. The van der Waals surface area contributed by atoms with Crippen molar-refractivity contribution in [3.05, 3.63) is 17.7 Å². The molecule has 0 spiro atoms. The quantitative estimate of drug-likeness (QED) is 0.779. The van der Waals surface area contributed by atoms with Gasteiger partial charge < -0.3 is 24.8 Å². The molecule has 1 amide bonds. The number of carbonyl (C=O) groups is 1. The van der Waals surface area contributed by atoms with Crippen LogP contribution in [0, 0.1) is 5.92 Å². The highest BCUT2D eigenvalue weighted by molar-refractivity contribution is 5.85. The molecule has 0 saturated carbocycles. The number of piperidine rings is 1. The molecule has 1 aliphatic rings. The number of halogens is 1. The predicted octanol–water partition coefficient (Wildman–Crippen LogP) is 2.65. The number of amides is 1. The van der Waals surface area contributed by atoms with Gasteiger partial charge in [0.25, 0.3) is 0 Å². The molecule has 0 bridgehead atoms. The van der Waals surface area contributed by atoms with Crippen molar-refractivity contribution in [2.45, 2.75) is 38.6 Å². The molecule has 26 heavy (non-hydrogen) atoms. The summed E-state index contributed by atoms with van der Waals surface area (Å²) in [5.41, 5.74) is 6.95. The summed E-state index contributed by atoms with van der Waals surface area (Å²) in [6, 6.07) is 3.89. The Morgan fingerprint density at radius 3 is 2.50 bits per heavy atom. The number of methoxy groups -OCH3 is 3. The number of hydrogen-bond acceptors (Lipinski definition) is 5. The zero-order valence-electron chi connectivity index (χ0n) is 16.1. The van der Waals surface area contributed by atoms with Crippen LogP contribution in [-0.4, -0.2) is 51.3 Å². The molecule has 6 nitrogen and oxygen atoms in total. The molecule has 0 aliphatic carbocycles. The van der Waals surface area contributed by atoms with E-state index in [1.165, 1.54) is 0 Å². The van der Waals surface area contributed by atoms with Gasteiger partial charge in [-0.05, 0) is 43.7 Å². The van der Waals surface area contributed by atoms with Crippen molar-refractivity contribution in [1.82, 2.24) is 4.90 Å². The van der Waals surface area contributed by atoms with Gasteiger partial charge in [0, 0.05) is 25.6 Å². The van der Waals surface area contributed by atoms with Gasteiger partial charge >= 0.3 is 0 Å². The molecule has 1 aromatic carbocycles. The lowest BCUT2D eigenvalue weighted by Crippen LogP contribution is -2.45. The van der Waals surface area contributed by atoms with Gasteiger partial charge in [0.1, 0.15) is 0 Å². The van der Waals surface area contributed by atoms with Crippen molar-refractivity contribution in [2.75, 3.05) is 34.4 Å². The van der Waals surface area contributed by atoms with E-state index in [2.05, 4.69) is 0 Å². The van der Waals surface area contributed by atoms with Crippen LogP contribution in [0.15, 0.2) is 12.1 Å². The Bertz CT molecular complexity index is 595. The highest BCUT2D eigenvalue weighted by Gasteiger charge is 2.26. The Labute approximate surface area is 162 Å². The van der Waals surface area contributed by atoms with Gasteiger partial charge in [0.2, 0.25) is 11.7 Å². The van der Waals surface area contributed by atoms with Crippen LogP contribution in [0.5, 0.6) is 17.2 Å². The molecular weight excluding hydrogens is 356 g/mol. The second-order valence-corrected chi connectivity index (χ2v) is 6.59. The smallest absolute Gasteiger partial charge is 0.222 e. The van der Waals surface area contributed by atoms with Crippen molar-refractivity contribution in [1.29, 1.82) is 0 Å². The monoisotopic (exact) mass is 386 g/mol. The lowest BCUT2D eigenvalue weighted by molar-refractivity contribution is -0.133. The summed E-state index contributed by atoms with van der Waals surface area (Å²) >= 11 is 0. The lowest BCUT2D eigenvalue weighted by atomic mass is 9.92. The molecule has 2 rings (SSSR count). The molecule has 2 unspecified atom stereocenters. The van der Waals surface area contributed by atoms with E-state index >= 15 is 0 Å². The Hall–Kier alpha value is -1.66. The average molecular weight is 387 g/mol. The lowest BCUT2D eigenvalue weighted by Gasteiger charge is -2.34. The van der Waals surface area contributed by atoms with Crippen LogP contribution in [0.4, 0.5) is 0 Å². The number of nitrogens with two attached hydrogens (primary N) is 1. The summed E-state index contributed by atoms with van der Waals surface area (Å²) in [6.45, 7) is 3.61. The molecule has 0 radical (unpaired) electrons. The van der Waals surface area contributed by atoms with E-state index in [4.69, 9.17) is 19.9 Å². The van der Waals surface area contributed by atoms with Crippen molar-refractivity contribution in [2.24, 2.45) is 11.7 Å². The number of nitrogens with zero attached hydrogens (tertiary/aromatic N) is 1. The van der Waals surface area contributed by atoms with E-state index in [-0.39, 0.29) is 24.4 Å². The van der Waals surface area contributed by atoms with E-state index < -0.39 is 0 Å². The molecule has 1 saturated heterocycles. The topological polar surface area (TPSA) is 74.0 Å². The molecule has 7 heteroatoms. The zero-order valence-corrected chi connectivity index (χ0v) is 16.9. The summed E-state index contributed by atoms with van der Waals surface area (Å²) in [4.78, 5) is 14.6. The summed E-state index contributed by atoms with van der Waals surface area (Å²) < 4.78 is 16.2. The Kier molecular flexibility index (Phi) is 9.02. The SMILES string of the molecule is COc1ccc(CCC(=O)N2CCCC(C(C)N)C2)c(OC)c1OC.Cl. The van der Waals surface area contributed by atoms with Crippen LogP contribution in [0.2, 0.25) is 0 Å². The molecule has 1 aliphatic heterocycles. The van der Waals surface area contributed by atoms with Gasteiger partial charge in [-0.2, -0.15) is 0 Å². The minimum Gasteiger partial charge on any atom is -0.493 e. The second kappa shape index (κ2) is 10.5. The normalized spacial score (nSPS) is 17.9. The third-order valence-electron chi connectivity index (χ3n) is 4.95. The number of carbonyl (C=O) groups excluding carboxylic acids is 1. The van der Waals surface area contributed by atoms with Crippen molar-refractivity contribution < 1.29 is 19.0 Å². The van der Waals surface area contributed by atoms with Crippen LogP contribution in [-0.2, 0) is 11.2 Å². The highest BCUT2D eigenvalue weighted by atomic mass is 35.5. The van der Waals surface area contributed by atoms with Crippen molar-refractivity contribution >= 4 is 18.3 Å². The number of hydrogen-bond donors (Lipinski definition) is 1. The van der Waals surface area contributed by atoms with Crippen LogP contribution < -0.4 is 19.9 Å². The van der Waals surface area contributed by atoms with Gasteiger partial charge in [-0.25, -0.2) is 0 Å². The van der Waals surface area contributed by atoms with Crippen LogP contribution in [0.3, 0.4) is 0 Å².